The van der Waals surface area contributed by atoms with Gasteiger partial charge in [-0.3, -0.25) is 0 Å². The first kappa shape index (κ1) is 12.8. The van der Waals surface area contributed by atoms with Gasteiger partial charge in [-0.05, 0) is 36.2 Å². The van der Waals surface area contributed by atoms with E-state index in [2.05, 4.69) is 5.32 Å². The van der Waals surface area contributed by atoms with Gasteiger partial charge in [-0.2, -0.15) is 0 Å². The molecule has 4 heteroatoms. The molecule has 2 aromatic rings. The Bertz CT molecular complexity index is 493. The van der Waals surface area contributed by atoms with Gasteiger partial charge >= 0.3 is 0 Å². The molecule has 0 radical (unpaired) electrons. The Hall–Kier alpha value is -1.65. The molecule has 1 aromatic carbocycles. The summed E-state index contributed by atoms with van der Waals surface area (Å²) < 4.78 is 18.0. The van der Waals surface area contributed by atoms with E-state index >= 15 is 0 Å². The molecule has 1 aromatic heterocycles. The molecule has 1 heterocycles. The lowest BCUT2D eigenvalue weighted by Crippen LogP contribution is -2.21. The van der Waals surface area contributed by atoms with Crippen molar-refractivity contribution in [1.29, 1.82) is 0 Å². The lowest BCUT2D eigenvalue weighted by Gasteiger charge is -2.11. The van der Waals surface area contributed by atoms with E-state index in [4.69, 9.17) is 4.42 Å². The Balaban J connectivity index is 1.83. The van der Waals surface area contributed by atoms with Crippen LogP contribution in [0.25, 0.3) is 0 Å². The van der Waals surface area contributed by atoms with Gasteiger partial charge in [0.25, 0.3) is 0 Å². The van der Waals surface area contributed by atoms with Crippen LogP contribution in [0.5, 0.6) is 0 Å². The normalized spacial score (nSPS) is 12.6. The van der Waals surface area contributed by atoms with Crippen LogP contribution >= 0.6 is 0 Å². The van der Waals surface area contributed by atoms with Crippen LogP contribution < -0.4 is 5.32 Å². The number of aliphatic hydroxyl groups is 1. The molecule has 1 unspecified atom stereocenters. The summed E-state index contributed by atoms with van der Waals surface area (Å²) in [6.07, 6.45) is 0.990. The van der Waals surface area contributed by atoms with E-state index in [0.717, 1.165) is 11.3 Å². The molecular weight excluding hydrogens is 233 g/mol. The van der Waals surface area contributed by atoms with Gasteiger partial charge < -0.3 is 14.8 Å². The van der Waals surface area contributed by atoms with Crippen LogP contribution in [0.1, 0.15) is 23.0 Å². The zero-order valence-electron chi connectivity index (χ0n) is 10.2. The van der Waals surface area contributed by atoms with Crippen molar-refractivity contribution >= 4 is 0 Å². The monoisotopic (exact) mass is 249 g/mol. The highest BCUT2D eigenvalue weighted by atomic mass is 19.1. The summed E-state index contributed by atoms with van der Waals surface area (Å²) in [6.45, 7) is 2.93. The SMILES string of the molecule is Cc1ccoc1CNCC(O)c1ccc(F)cc1. The molecule has 1 atom stereocenters. The van der Waals surface area contributed by atoms with Crippen molar-refractivity contribution in [1.82, 2.24) is 5.32 Å². The molecule has 0 amide bonds. The quantitative estimate of drug-likeness (QED) is 0.856. The Morgan fingerprint density at radius 3 is 2.61 bits per heavy atom. The Morgan fingerprint density at radius 1 is 1.28 bits per heavy atom. The third-order valence-corrected chi connectivity index (χ3v) is 2.85. The lowest BCUT2D eigenvalue weighted by atomic mass is 10.1. The highest BCUT2D eigenvalue weighted by molar-refractivity contribution is 5.19. The number of furan rings is 1. The van der Waals surface area contributed by atoms with Gasteiger partial charge in [0.1, 0.15) is 11.6 Å². The van der Waals surface area contributed by atoms with Crippen molar-refractivity contribution in [2.75, 3.05) is 6.54 Å². The summed E-state index contributed by atoms with van der Waals surface area (Å²) in [5.41, 5.74) is 1.78. The number of aliphatic hydroxyl groups excluding tert-OH is 1. The largest absolute Gasteiger partial charge is 0.468 e. The van der Waals surface area contributed by atoms with Gasteiger partial charge in [-0.15, -0.1) is 0 Å². The third kappa shape index (κ3) is 3.18. The van der Waals surface area contributed by atoms with Crippen molar-refractivity contribution in [2.24, 2.45) is 0 Å². The van der Waals surface area contributed by atoms with Gasteiger partial charge in [-0.1, -0.05) is 12.1 Å². The number of aryl methyl sites for hydroxylation is 1. The Morgan fingerprint density at radius 2 is 2.00 bits per heavy atom. The lowest BCUT2D eigenvalue weighted by molar-refractivity contribution is 0.173. The fourth-order valence-electron chi connectivity index (χ4n) is 1.71. The van der Waals surface area contributed by atoms with Crippen LogP contribution in [0.3, 0.4) is 0 Å². The molecule has 3 nitrogen and oxygen atoms in total. The van der Waals surface area contributed by atoms with E-state index in [1.54, 1.807) is 18.4 Å². The summed E-state index contributed by atoms with van der Waals surface area (Å²) in [7, 11) is 0. The van der Waals surface area contributed by atoms with E-state index in [-0.39, 0.29) is 5.82 Å². The number of hydrogen-bond acceptors (Lipinski definition) is 3. The predicted octanol–water partition coefficient (Wildman–Crippen LogP) is 2.55. The summed E-state index contributed by atoms with van der Waals surface area (Å²) in [5, 5.41) is 13.0. The molecule has 0 spiro atoms. The van der Waals surface area contributed by atoms with Crippen molar-refractivity contribution < 1.29 is 13.9 Å². The third-order valence-electron chi connectivity index (χ3n) is 2.85. The van der Waals surface area contributed by atoms with Crippen LogP contribution in [0.2, 0.25) is 0 Å². The summed E-state index contributed by atoms with van der Waals surface area (Å²) >= 11 is 0. The topological polar surface area (TPSA) is 45.4 Å². The standard InChI is InChI=1S/C14H16FNO2/c1-10-6-7-18-14(10)9-16-8-13(17)11-2-4-12(15)5-3-11/h2-7,13,16-17H,8-9H2,1H3. The number of halogens is 1. The molecule has 0 bridgehead atoms. The molecule has 0 fully saturated rings. The summed E-state index contributed by atoms with van der Waals surface area (Å²) in [5.74, 6) is 0.562. The van der Waals surface area contributed by atoms with E-state index < -0.39 is 6.10 Å². The van der Waals surface area contributed by atoms with Crippen molar-refractivity contribution in [3.8, 4) is 0 Å². The van der Waals surface area contributed by atoms with Gasteiger partial charge in [0.15, 0.2) is 0 Å². The zero-order valence-corrected chi connectivity index (χ0v) is 10.2. The van der Waals surface area contributed by atoms with Crippen molar-refractivity contribution in [2.45, 2.75) is 19.6 Å². The second-order valence-corrected chi connectivity index (χ2v) is 4.23. The van der Waals surface area contributed by atoms with Crippen LogP contribution in [0, 0.1) is 12.7 Å². The van der Waals surface area contributed by atoms with E-state index in [1.807, 2.05) is 13.0 Å². The summed E-state index contributed by atoms with van der Waals surface area (Å²) in [6, 6.07) is 7.75. The predicted molar refractivity (Wildman–Crippen MR) is 66.5 cm³/mol. The van der Waals surface area contributed by atoms with E-state index in [1.165, 1.54) is 12.1 Å². The van der Waals surface area contributed by atoms with Crippen LogP contribution in [0.4, 0.5) is 4.39 Å². The zero-order chi connectivity index (χ0) is 13.0. The molecule has 2 N–H and O–H groups in total. The first-order valence-electron chi connectivity index (χ1n) is 5.84. The molecule has 0 aliphatic heterocycles. The van der Waals surface area contributed by atoms with Crippen molar-refractivity contribution in [3.05, 3.63) is 59.3 Å². The first-order valence-corrected chi connectivity index (χ1v) is 5.84. The molecular formula is C14H16FNO2. The maximum Gasteiger partial charge on any atom is 0.123 e. The van der Waals surface area contributed by atoms with Crippen LogP contribution in [-0.4, -0.2) is 11.7 Å². The van der Waals surface area contributed by atoms with Gasteiger partial charge in [0.05, 0.1) is 18.9 Å². The highest BCUT2D eigenvalue weighted by Gasteiger charge is 2.08. The maximum atomic E-state index is 12.7. The fourth-order valence-corrected chi connectivity index (χ4v) is 1.71. The minimum absolute atomic E-state index is 0.301. The maximum absolute atomic E-state index is 12.7. The number of rotatable bonds is 5. The van der Waals surface area contributed by atoms with Crippen molar-refractivity contribution in [3.63, 3.8) is 0 Å². The molecule has 0 aliphatic carbocycles. The first-order chi connectivity index (χ1) is 8.66. The van der Waals surface area contributed by atoms with E-state index in [9.17, 15) is 9.50 Å². The summed E-state index contributed by atoms with van der Waals surface area (Å²) in [4.78, 5) is 0. The average Bonchev–Trinajstić information content (AvgIpc) is 2.76. The molecule has 0 aliphatic rings. The molecule has 96 valence electrons. The minimum atomic E-state index is -0.652. The molecule has 18 heavy (non-hydrogen) atoms. The van der Waals surface area contributed by atoms with Crippen LogP contribution in [-0.2, 0) is 6.54 Å². The number of hydrogen-bond donors (Lipinski definition) is 2. The number of nitrogens with one attached hydrogen (secondary N) is 1. The smallest absolute Gasteiger partial charge is 0.123 e. The van der Waals surface area contributed by atoms with Gasteiger partial charge in [0.2, 0.25) is 0 Å². The van der Waals surface area contributed by atoms with E-state index in [0.29, 0.717) is 18.7 Å². The second-order valence-electron chi connectivity index (χ2n) is 4.23. The van der Waals surface area contributed by atoms with Gasteiger partial charge in [0, 0.05) is 6.54 Å². The second kappa shape index (κ2) is 5.80. The molecule has 0 saturated heterocycles. The Kier molecular flexibility index (Phi) is 4.12. The fraction of sp³-hybridized carbons (Fsp3) is 0.286. The Labute approximate surface area is 105 Å². The molecule has 0 saturated carbocycles. The minimum Gasteiger partial charge on any atom is -0.468 e. The van der Waals surface area contributed by atoms with Gasteiger partial charge in [-0.25, -0.2) is 4.39 Å². The number of benzene rings is 1. The average molecular weight is 249 g/mol. The van der Waals surface area contributed by atoms with Crippen LogP contribution in [0.15, 0.2) is 41.0 Å². The molecule has 2 rings (SSSR count). The highest BCUT2D eigenvalue weighted by Crippen LogP contribution is 2.13.